The molecule has 1 aliphatic rings. The number of carbonyl (C=O) groups excluding carboxylic acids is 3. The highest BCUT2D eigenvalue weighted by molar-refractivity contribution is 6.42. The zero-order valence-electron chi connectivity index (χ0n) is 18.8. The highest BCUT2D eigenvalue weighted by Crippen LogP contribution is 2.28. The van der Waals surface area contributed by atoms with Crippen molar-refractivity contribution in [1.82, 2.24) is 5.32 Å². The van der Waals surface area contributed by atoms with Crippen molar-refractivity contribution in [2.24, 2.45) is 10.7 Å². The Labute approximate surface area is 212 Å². The van der Waals surface area contributed by atoms with Crippen LogP contribution in [0.5, 0.6) is 0 Å². The molecule has 0 saturated carbocycles. The van der Waals surface area contributed by atoms with Crippen LogP contribution in [-0.2, 0) is 16.0 Å². The van der Waals surface area contributed by atoms with Gasteiger partial charge in [-0.15, -0.1) is 0 Å². The van der Waals surface area contributed by atoms with Crippen molar-refractivity contribution in [2.45, 2.75) is 19.0 Å². The van der Waals surface area contributed by atoms with E-state index in [2.05, 4.69) is 10.3 Å². The van der Waals surface area contributed by atoms with Crippen LogP contribution >= 0.6 is 23.2 Å². The number of para-hydroxylation sites is 1. The number of amides is 3. The molecule has 0 aliphatic carbocycles. The second-order valence-electron chi connectivity index (χ2n) is 8.02. The van der Waals surface area contributed by atoms with E-state index in [0.717, 1.165) is 11.1 Å². The van der Waals surface area contributed by atoms with Crippen molar-refractivity contribution in [3.63, 3.8) is 0 Å². The van der Waals surface area contributed by atoms with E-state index >= 15 is 0 Å². The third-order valence-electron chi connectivity index (χ3n) is 5.74. The van der Waals surface area contributed by atoms with E-state index in [9.17, 15) is 14.4 Å². The molecule has 0 bridgehead atoms. The number of carbonyl (C=O) groups is 3. The van der Waals surface area contributed by atoms with Gasteiger partial charge in [0, 0.05) is 30.2 Å². The predicted molar refractivity (Wildman–Crippen MR) is 137 cm³/mol. The summed E-state index contributed by atoms with van der Waals surface area (Å²) in [5, 5.41) is 3.56. The number of hydrogen-bond donors (Lipinski definition) is 2. The molecule has 35 heavy (non-hydrogen) atoms. The molecule has 1 heterocycles. The number of fused-ring (bicyclic) bond motifs is 1. The normalized spacial score (nSPS) is 15.2. The number of benzodiazepines with no additional fused rings is 1. The molecular formula is C26H22Cl2N4O3. The highest BCUT2D eigenvalue weighted by atomic mass is 35.5. The number of aryl methyl sites for hydroxylation is 1. The fourth-order valence-corrected chi connectivity index (χ4v) is 4.27. The average molecular weight is 509 g/mol. The van der Waals surface area contributed by atoms with Gasteiger partial charge in [0.1, 0.15) is 0 Å². The predicted octanol–water partition coefficient (Wildman–Crippen LogP) is 3.98. The molecule has 0 saturated heterocycles. The van der Waals surface area contributed by atoms with Crippen LogP contribution in [0.4, 0.5) is 5.69 Å². The Morgan fingerprint density at radius 3 is 2.46 bits per heavy atom. The van der Waals surface area contributed by atoms with Crippen molar-refractivity contribution < 1.29 is 14.4 Å². The Bertz CT molecular complexity index is 1340. The smallest absolute Gasteiger partial charge is 0.272 e. The Balaban J connectivity index is 1.64. The monoisotopic (exact) mass is 508 g/mol. The molecule has 4 rings (SSSR count). The minimum Gasteiger partial charge on any atom is -0.366 e. The van der Waals surface area contributed by atoms with Crippen LogP contribution in [-0.4, -0.2) is 36.6 Å². The number of halogens is 2. The summed E-state index contributed by atoms with van der Waals surface area (Å²) in [5.41, 5.74) is 9.02. The van der Waals surface area contributed by atoms with Gasteiger partial charge < -0.3 is 16.0 Å². The summed E-state index contributed by atoms with van der Waals surface area (Å²) in [4.78, 5) is 43.7. The molecule has 3 aromatic carbocycles. The van der Waals surface area contributed by atoms with E-state index in [1.807, 2.05) is 24.3 Å². The second-order valence-corrected chi connectivity index (χ2v) is 8.80. The molecule has 3 amide bonds. The average Bonchev–Trinajstić information content (AvgIpc) is 2.96. The quantitative estimate of drug-likeness (QED) is 0.525. The zero-order chi connectivity index (χ0) is 25.1. The van der Waals surface area contributed by atoms with Gasteiger partial charge in [-0.25, -0.2) is 4.99 Å². The zero-order valence-corrected chi connectivity index (χ0v) is 20.3. The summed E-state index contributed by atoms with van der Waals surface area (Å²) in [5.74, 6) is -1.28. The van der Waals surface area contributed by atoms with Crippen LogP contribution < -0.4 is 16.0 Å². The third kappa shape index (κ3) is 5.21. The van der Waals surface area contributed by atoms with E-state index in [1.165, 1.54) is 4.90 Å². The standard InChI is InChI=1S/C26H22Cl2N4O3/c1-32-20-8-3-2-6-18(20)23(16-9-11-17(12-10-16)24(29)34)31-25(26(32)35)30-21(33)14-13-15-5-4-7-19(27)22(15)28/h2-12,25H,13-14H2,1H3,(H2,29,34)(H,30,33). The molecule has 0 aromatic heterocycles. The van der Waals surface area contributed by atoms with Gasteiger partial charge in [0.05, 0.1) is 21.4 Å². The number of aliphatic imine (C=N–C) groups is 1. The number of likely N-dealkylation sites (N-methyl/N-ethyl adjacent to an activating group) is 1. The van der Waals surface area contributed by atoms with Gasteiger partial charge in [-0.3, -0.25) is 14.4 Å². The second kappa shape index (κ2) is 10.3. The van der Waals surface area contributed by atoms with Gasteiger partial charge in [0.25, 0.3) is 5.91 Å². The van der Waals surface area contributed by atoms with Gasteiger partial charge in [-0.05, 0) is 36.2 Å². The van der Waals surface area contributed by atoms with Crippen molar-refractivity contribution in [2.75, 3.05) is 11.9 Å². The van der Waals surface area contributed by atoms with Gasteiger partial charge in [-0.1, -0.05) is 65.7 Å². The van der Waals surface area contributed by atoms with Crippen LogP contribution in [0.2, 0.25) is 10.0 Å². The van der Waals surface area contributed by atoms with E-state index in [0.29, 0.717) is 39.0 Å². The number of rotatable bonds is 6. The number of benzene rings is 3. The summed E-state index contributed by atoms with van der Waals surface area (Å²) in [7, 11) is 1.64. The number of nitrogens with one attached hydrogen (secondary N) is 1. The maximum Gasteiger partial charge on any atom is 0.272 e. The number of hydrogen-bond acceptors (Lipinski definition) is 4. The first kappa shape index (κ1) is 24.4. The van der Waals surface area contributed by atoms with Crippen LogP contribution in [0, 0.1) is 0 Å². The number of anilines is 1. The largest absolute Gasteiger partial charge is 0.366 e. The Kier molecular flexibility index (Phi) is 7.19. The van der Waals surface area contributed by atoms with Crippen molar-refractivity contribution >= 4 is 52.3 Å². The molecule has 0 spiro atoms. The van der Waals surface area contributed by atoms with E-state index < -0.39 is 12.1 Å². The van der Waals surface area contributed by atoms with Crippen molar-refractivity contribution in [1.29, 1.82) is 0 Å². The lowest BCUT2D eigenvalue weighted by Gasteiger charge is -2.21. The molecule has 3 aromatic rings. The topological polar surface area (TPSA) is 105 Å². The Morgan fingerprint density at radius 2 is 1.74 bits per heavy atom. The first-order valence-corrected chi connectivity index (χ1v) is 11.6. The maximum absolute atomic E-state index is 13.2. The van der Waals surface area contributed by atoms with Gasteiger partial charge in [0.2, 0.25) is 18.0 Å². The molecular weight excluding hydrogens is 487 g/mol. The first-order valence-electron chi connectivity index (χ1n) is 10.8. The van der Waals surface area contributed by atoms with Crippen LogP contribution in [0.3, 0.4) is 0 Å². The minimum atomic E-state index is -1.14. The molecule has 0 radical (unpaired) electrons. The minimum absolute atomic E-state index is 0.0959. The number of nitrogens with two attached hydrogens (primary N) is 1. The van der Waals surface area contributed by atoms with Gasteiger partial charge >= 0.3 is 0 Å². The molecule has 1 atom stereocenters. The molecule has 1 unspecified atom stereocenters. The molecule has 3 N–H and O–H groups in total. The lowest BCUT2D eigenvalue weighted by Crippen LogP contribution is -2.46. The van der Waals surface area contributed by atoms with Crippen LogP contribution in [0.1, 0.15) is 33.5 Å². The van der Waals surface area contributed by atoms with Crippen LogP contribution in [0.15, 0.2) is 71.7 Å². The summed E-state index contributed by atoms with van der Waals surface area (Å²) < 4.78 is 0. The van der Waals surface area contributed by atoms with Crippen molar-refractivity contribution in [3.8, 4) is 0 Å². The van der Waals surface area contributed by atoms with E-state index in [1.54, 1.807) is 49.5 Å². The summed E-state index contributed by atoms with van der Waals surface area (Å²) in [6, 6.07) is 19.2. The highest BCUT2D eigenvalue weighted by Gasteiger charge is 2.31. The summed E-state index contributed by atoms with van der Waals surface area (Å²) in [6.07, 6.45) is -0.688. The molecule has 178 valence electrons. The fourth-order valence-electron chi connectivity index (χ4n) is 3.85. The lowest BCUT2D eigenvalue weighted by molar-refractivity contribution is -0.127. The van der Waals surface area contributed by atoms with Gasteiger partial charge in [0.15, 0.2) is 0 Å². The van der Waals surface area contributed by atoms with E-state index in [-0.39, 0.29) is 18.2 Å². The third-order valence-corrected chi connectivity index (χ3v) is 6.59. The van der Waals surface area contributed by atoms with E-state index in [4.69, 9.17) is 28.9 Å². The maximum atomic E-state index is 13.2. The number of nitrogens with zero attached hydrogens (tertiary/aromatic N) is 2. The Morgan fingerprint density at radius 1 is 1.03 bits per heavy atom. The summed E-state index contributed by atoms with van der Waals surface area (Å²) >= 11 is 12.3. The SMILES string of the molecule is CN1C(=O)C(NC(=O)CCc2cccc(Cl)c2Cl)N=C(c2ccc(C(N)=O)cc2)c2ccccc21. The van der Waals surface area contributed by atoms with Crippen LogP contribution in [0.25, 0.3) is 0 Å². The first-order chi connectivity index (χ1) is 16.8. The lowest BCUT2D eigenvalue weighted by atomic mass is 9.99. The summed E-state index contributed by atoms with van der Waals surface area (Å²) in [6.45, 7) is 0. The fraction of sp³-hybridized carbons (Fsp3) is 0.154. The molecule has 1 aliphatic heterocycles. The van der Waals surface area contributed by atoms with Gasteiger partial charge in [-0.2, -0.15) is 0 Å². The molecule has 7 nitrogen and oxygen atoms in total. The van der Waals surface area contributed by atoms with Crippen molar-refractivity contribution in [3.05, 3.63) is 99.0 Å². The Hall–Kier alpha value is -3.68. The molecule has 0 fully saturated rings. The molecule has 9 heteroatoms. The number of primary amides is 1.